The zero-order valence-electron chi connectivity index (χ0n) is 6.15. The van der Waals surface area contributed by atoms with Crippen LogP contribution in [0.5, 0.6) is 0 Å². The van der Waals surface area contributed by atoms with E-state index in [-0.39, 0.29) is 0 Å². The summed E-state index contributed by atoms with van der Waals surface area (Å²) in [7, 11) is 0. The van der Waals surface area contributed by atoms with E-state index in [0.29, 0.717) is 0 Å². The molecule has 0 nitrogen and oxygen atoms in total. The van der Waals surface area contributed by atoms with Crippen LogP contribution in [0.4, 0.5) is 0 Å². The molecule has 1 rings (SSSR count). The molecule has 60 valence electrons. The molecule has 0 heterocycles. The van der Waals surface area contributed by atoms with Crippen molar-refractivity contribution < 1.29 is 0 Å². The van der Waals surface area contributed by atoms with Crippen molar-refractivity contribution >= 4 is 45.2 Å². The van der Waals surface area contributed by atoms with E-state index in [9.17, 15) is 0 Å². The average Bonchev–Trinajstić information content (AvgIpc) is 2.05. The summed E-state index contributed by atoms with van der Waals surface area (Å²) in [5.74, 6) is 2.10. The fourth-order valence-electron chi connectivity index (χ4n) is 1.68. The number of alkyl halides is 2. The van der Waals surface area contributed by atoms with Gasteiger partial charge in [-0.1, -0.05) is 51.6 Å². The van der Waals surface area contributed by atoms with Gasteiger partial charge in [-0.15, -0.1) is 0 Å². The fourth-order valence-corrected chi connectivity index (χ4v) is 3.28. The fraction of sp³-hybridized carbons (Fsp3) is 1.00. The molecule has 0 aromatic rings. The lowest BCUT2D eigenvalue weighted by atomic mass is 9.84. The molecule has 0 amide bonds. The molecule has 0 aliphatic heterocycles. The van der Waals surface area contributed by atoms with Gasteiger partial charge >= 0.3 is 0 Å². The number of hydrogen-bond acceptors (Lipinski definition) is 0. The first-order valence-electron chi connectivity index (χ1n) is 3.98. The van der Waals surface area contributed by atoms with Gasteiger partial charge in [-0.05, 0) is 31.1 Å². The second-order valence-corrected chi connectivity index (χ2v) is 4.97. The van der Waals surface area contributed by atoms with Crippen molar-refractivity contribution in [3.05, 3.63) is 0 Å². The highest BCUT2D eigenvalue weighted by atomic mass is 127. The maximum absolute atomic E-state index is 2.53. The maximum Gasteiger partial charge on any atom is 0.00238 e. The molecular formula is C8H14I2. The molecule has 1 aliphatic rings. The lowest BCUT2D eigenvalue weighted by molar-refractivity contribution is 0.315. The summed E-state index contributed by atoms with van der Waals surface area (Å²) in [6.07, 6.45) is 5.99. The van der Waals surface area contributed by atoms with Gasteiger partial charge in [-0.2, -0.15) is 0 Å². The quantitative estimate of drug-likeness (QED) is 0.518. The number of hydrogen-bond donors (Lipinski definition) is 0. The van der Waals surface area contributed by atoms with Crippen LogP contribution in [0.15, 0.2) is 0 Å². The monoisotopic (exact) mass is 364 g/mol. The highest BCUT2D eigenvalue weighted by molar-refractivity contribution is 14.1. The van der Waals surface area contributed by atoms with E-state index in [1.54, 1.807) is 0 Å². The topological polar surface area (TPSA) is 0 Å². The van der Waals surface area contributed by atoms with Gasteiger partial charge < -0.3 is 0 Å². The minimum Gasteiger partial charge on any atom is -0.0861 e. The van der Waals surface area contributed by atoms with Crippen LogP contribution < -0.4 is 0 Å². The standard InChI is InChI=1S/C8H14I2/c9-5-7-2-1-3-8(4-7)6-10/h7-8H,1-6H2. The van der Waals surface area contributed by atoms with E-state index in [2.05, 4.69) is 45.2 Å². The summed E-state index contributed by atoms with van der Waals surface area (Å²) in [5, 5.41) is 0. The highest BCUT2D eigenvalue weighted by Crippen LogP contribution is 2.31. The molecule has 2 heteroatoms. The van der Waals surface area contributed by atoms with Crippen LogP contribution in [0, 0.1) is 11.8 Å². The molecule has 0 bridgehead atoms. The largest absolute Gasteiger partial charge is 0.0861 e. The molecule has 0 aromatic heterocycles. The van der Waals surface area contributed by atoms with Crippen LogP contribution in [0.1, 0.15) is 25.7 Å². The Hall–Kier alpha value is 1.46. The zero-order chi connectivity index (χ0) is 7.40. The molecule has 10 heavy (non-hydrogen) atoms. The molecule has 2 unspecified atom stereocenters. The summed E-state index contributed by atoms with van der Waals surface area (Å²) < 4.78 is 2.76. The van der Waals surface area contributed by atoms with Crippen molar-refractivity contribution in [2.45, 2.75) is 25.7 Å². The van der Waals surface area contributed by atoms with Crippen LogP contribution in [-0.2, 0) is 0 Å². The van der Waals surface area contributed by atoms with Crippen LogP contribution in [0.25, 0.3) is 0 Å². The third-order valence-corrected chi connectivity index (χ3v) is 4.82. The predicted octanol–water partition coefficient (Wildman–Crippen LogP) is 3.66. The summed E-state index contributed by atoms with van der Waals surface area (Å²) >= 11 is 5.06. The van der Waals surface area contributed by atoms with Crippen molar-refractivity contribution in [3.63, 3.8) is 0 Å². The molecule has 1 saturated carbocycles. The van der Waals surface area contributed by atoms with Gasteiger partial charge in [0.2, 0.25) is 0 Å². The molecule has 0 saturated heterocycles. The first-order chi connectivity index (χ1) is 4.86. The van der Waals surface area contributed by atoms with Crippen molar-refractivity contribution in [2.75, 3.05) is 8.86 Å². The van der Waals surface area contributed by atoms with Crippen LogP contribution in [0.3, 0.4) is 0 Å². The van der Waals surface area contributed by atoms with Gasteiger partial charge in [0.1, 0.15) is 0 Å². The number of rotatable bonds is 2. The SMILES string of the molecule is ICC1CCCC(CI)C1. The maximum atomic E-state index is 2.53. The molecule has 0 N–H and O–H groups in total. The Morgan fingerprint density at radius 1 is 1.00 bits per heavy atom. The highest BCUT2D eigenvalue weighted by Gasteiger charge is 2.19. The van der Waals surface area contributed by atoms with Gasteiger partial charge in [0.15, 0.2) is 0 Å². The van der Waals surface area contributed by atoms with Crippen molar-refractivity contribution in [1.29, 1.82) is 0 Å². The molecule has 0 aromatic carbocycles. The third-order valence-electron chi connectivity index (χ3n) is 2.33. The van der Waals surface area contributed by atoms with Gasteiger partial charge in [0, 0.05) is 8.86 Å². The van der Waals surface area contributed by atoms with E-state index < -0.39 is 0 Å². The van der Waals surface area contributed by atoms with Gasteiger partial charge in [0.25, 0.3) is 0 Å². The molecule has 0 spiro atoms. The van der Waals surface area contributed by atoms with Gasteiger partial charge in [0.05, 0.1) is 0 Å². The molecule has 1 fully saturated rings. The number of halogens is 2. The Labute approximate surface area is 90.8 Å². The summed E-state index contributed by atoms with van der Waals surface area (Å²) in [6.45, 7) is 0. The molecule has 2 atom stereocenters. The Bertz CT molecular complexity index is 83.3. The lowest BCUT2D eigenvalue weighted by Crippen LogP contribution is -2.17. The Balaban J connectivity index is 2.25. The predicted molar refractivity (Wildman–Crippen MR) is 63.2 cm³/mol. The van der Waals surface area contributed by atoms with E-state index in [4.69, 9.17) is 0 Å². The first-order valence-corrected chi connectivity index (χ1v) is 7.04. The summed E-state index contributed by atoms with van der Waals surface area (Å²) in [6, 6.07) is 0. The minimum absolute atomic E-state index is 1.05. The molecular weight excluding hydrogens is 350 g/mol. The van der Waals surface area contributed by atoms with Crippen LogP contribution >= 0.6 is 45.2 Å². The van der Waals surface area contributed by atoms with Gasteiger partial charge in [-0.3, -0.25) is 0 Å². The lowest BCUT2D eigenvalue weighted by Gasteiger charge is -2.26. The van der Waals surface area contributed by atoms with Crippen LogP contribution in [-0.4, -0.2) is 8.86 Å². The van der Waals surface area contributed by atoms with Crippen LogP contribution in [0.2, 0.25) is 0 Å². The van der Waals surface area contributed by atoms with Gasteiger partial charge in [-0.25, -0.2) is 0 Å². The van der Waals surface area contributed by atoms with E-state index in [1.807, 2.05) is 0 Å². The van der Waals surface area contributed by atoms with Crippen molar-refractivity contribution in [3.8, 4) is 0 Å². The van der Waals surface area contributed by atoms with E-state index >= 15 is 0 Å². The summed E-state index contributed by atoms with van der Waals surface area (Å²) in [5.41, 5.74) is 0. The van der Waals surface area contributed by atoms with E-state index in [0.717, 1.165) is 11.8 Å². The normalized spacial score (nSPS) is 34.2. The second-order valence-electron chi connectivity index (χ2n) is 3.21. The molecule has 0 radical (unpaired) electrons. The average molecular weight is 364 g/mol. The Kier molecular flexibility index (Phi) is 4.93. The zero-order valence-corrected chi connectivity index (χ0v) is 10.5. The second kappa shape index (κ2) is 5.17. The summed E-state index contributed by atoms with van der Waals surface area (Å²) in [4.78, 5) is 0. The van der Waals surface area contributed by atoms with E-state index in [1.165, 1.54) is 34.5 Å². The molecule has 1 aliphatic carbocycles. The first kappa shape index (κ1) is 9.55. The Morgan fingerprint density at radius 3 is 1.90 bits per heavy atom. The van der Waals surface area contributed by atoms with Crippen molar-refractivity contribution in [2.24, 2.45) is 11.8 Å². The third kappa shape index (κ3) is 2.83. The smallest absolute Gasteiger partial charge is 0.00238 e. The Morgan fingerprint density at radius 2 is 1.50 bits per heavy atom. The minimum atomic E-state index is 1.05. The van der Waals surface area contributed by atoms with Crippen molar-refractivity contribution in [1.82, 2.24) is 0 Å².